The summed E-state index contributed by atoms with van der Waals surface area (Å²) < 4.78 is 60.4. The number of anilines is 1. The van der Waals surface area contributed by atoms with Crippen molar-refractivity contribution in [2.24, 2.45) is 11.8 Å². The van der Waals surface area contributed by atoms with Crippen LogP contribution in [-0.4, -0.2) is 62.0 Å². The SMILES string of the molecule is Cc1cc(C)c(S(=O)(=O)Nc2ccc(C(=O)N3CCCC(C(=O)NCCC(C)C)C3)cc2)c(C)c1.O=C(O)C(F)(F)F. The summed E-state index contributed by atoms with van der Waals surface area (Å²) in [4.78, 5) is 36.5. The molecule has 3 rings (SSSR count). The summed E-state index contributed by atoms with van der Waals surface area (Å²) in [6, 6.07) is 10.1. The molecule has 3 N–H and O–H groups in total. The van der Waals surface area contributed by atoms with Crippen LogP contribution in [0, 0.1) is 32.6 Å². The summed E-state index contributed by atoms with van der Waals surface area (Å²) in [5.74, 6) is -2.57. The molecule has 1 saturated heterocycles. The number of likely N-dealkylation sites (tertiary alicyclic amines) is 1. The Morgan fingerprint density at radius 1 is 1.05 bits per heavy atom. The van der Waals surface area contributed by atoms with Gasteiger partial charge in [0.25, 0.3) is 15.9 Å². The number of hydrogen-bond acceptors (Lipinski definition) is 5. The first-order valence-corrected chi connectivity index (χ1v) is 15.0. The van der Waals surface area contributed by atoms with Crippen molar-refractivity contribution in [1.82, 2.24) is 10.2 Å². The van der Waals surface area contributed by atoms with Crippen LogP contribution in [0.2, 0.25) is 0 Å². The number of rotatable bonds is 8. The first-order chi connectivity index (χ1) is 19.4. The van der Waals surface area contributed by atoms with Crippen LogP contribution in [0.3, 0.4) is 0 Å². The third kappa shape index (κ3) is 10.0. The summed E-state index contributed by atoms with van der Waals surface area (Å²) >= 11 is 0. The number of sulfonamides is 1. The van der Waals surface area contributed by atoms with Gasteiger partial charge in [-0.1, -0.05) is 31.5 Å². The van der Waals surface area contributed by atoms with E-state index in [1.165, 1.54) is 0 Å². The van der Waals surface area contributed by atoms with Crippen molar-refractivity contribution in [3.8, 4) is 0 Å². The number of alkyl halides is 3. The molecule has 1 fully saturated rings. The molecule has 0 bridgehead atoms. The lowest BCUT2D eigenvalue weighted by Crippen LogP contribution is -2.45. The monoisotopic (exact) mass is 613 g/mol. The molecular weight excluding hydrogens is 575 g/mol. The van der Waals surface area contributed by atoms with Gasteiger partial charge in [0.05, 0.1) is 10.8 Å². The van der Waals surface area contributed by atoms with E-state index < -0.39 is 22.2 Å². The van der Waals surface area contributed by atoms with E-state index in [4.69, 9.17) is 9.90 Å². The molecule has 1 atom stereocenters. The third-order valence-electron chi connectivity index (χ3n) is 6.60. The van der Waals surface area contributed by atoms with Crippen LogP contribution in [-0.2, 0) is 19.6 Å². The molecule has 1 unspecified atom stereocenters. The summed E-state index contributed by atoms with van der Waals surface area (Å²) in [7, 11) is -3.76. The predicted octanol–water partition coefficient (Wildman–Crippen LogP) is 5.06. The van der Waals surface area contributed by atoms with E-state index in [0.29, 0.717) is 47.9 Å². The zero-order valence-corrected chi connectivity index (χ0v) is 25.2. The van der Waals surface area contributed by atoms with Crippen molar-refractivity contribution >= 4 is 33.5 Å². The lowest BCUT2D eigenvalue weighted by atomic mass is 9.96. The zero-order chi connectivity index (χ0) is 31.8. The Kier molecular flexibility index (Phi) is 12.0. The van der Waals surface area contributed by atoms with Crippen LogP contribution in [0.4, 0.5) is 18.9 Å². The van der Waals surface area contributed by atoms with Crippen molar-refractivity contribution in [2.45, 2.75) is 65.0 Å². The molecule has 0 radical (unpaired) electrons. The number of carbonyl (C=O) groups is 3. The van der Waals surface area contributed by atoms with Crippen molar-refractivity contribution in [3.63, 3.8) is 0 Å². The van der Waals surface area contributed by atoms with E-state index in [9.17, 15) is 31.2 Å². The van der Waals surface area contributed by atoms with Crippen molar-refractivity contribution in [1.29, 1.82) is 0 Å². The summed E-state index contributed by atoms with van der Waals surface area (Å²) in [6.45, 7) is 11.4. The summed E-state index contributed by atoms with van der Waals surface area (Å²) in [6.07, 6.45) is -2.60. The number of aryl methyl sites for hydroxylation is 3. The van der Waals surface area contributed by atoms with Gasteiger partial charge in [0.2, 0.25) is 5.91 Å². The topological polar surface area (TPSA) is 133 Å². The van der Waals surface area contributed by atoms with Gasteiger partial charge in [0.1, 0.15) is 0 Å². The molecule has 2 aromatic carbocycles. The first-order valence-electron chi connectivity index (χ1n) is 13.5. The highest BCUT2D eigenvalue weighted by Gasteiger charge is 2.38. The maximum atomic E-state index is 13.1. The second-order valence-corrected chi connectivity index (χ2v) is 12.4. The van der Waals surface area contributed by atoms with Crippen LogP contribution in [0.15, 0.2) is 41.3 Å². The summed E-state index contributed by atoms with van der Waals surface area (Å²) in [5.41, 5.74) is 3.25. The fourth-order valence-corrected chi connectivity index (χ4v) is 6.18. The summed E-state index contributed by atoms with van der Waals surface area (Å²) in [5, 5.41) is 10.1. The number of halogens is 3. The van der Waals surface area contributed by atoms with Gasteiger partial charge in [-0.05, 0) is 81.3 Å². The Morgan fingerprint density at radius 3 is 2.10 bits per heavy atom. The predicted molar refractivity (Wildman–Crippen MR) is 153 cm³/mol. The van der Waals surface area contributed by atoms with Crippen LogP contribution < -0.4 is 10.0 Å². The second kappa shape index (κ2) is 14.5. The molecule has 2 aromatic rings. The van der Waals surface area contributed by atoms with E-state index in [0.717, 1.165) is 24.8 Å². The van der Waals surface area contributed by atoms with Gasteiger partial charge in [-0.3, -0.25) is 14.3 Å². The van der Waals surface area contributed by atoms with Crippen molar-refractivity contribution in [2.75, 3.05) is 24.4 Å². The Hall–Kier alpha value is -3.61. The Balaban J connectivity index is 0.000000782. The maximum absolute atomic E-state index is 13.1. The minimum atomic E-state index is -5.08. The van der Waals surface area contributed by atoms with Gasteiger partial charge in [0.15, 0.2) is 0 Å². The normalized spacial score (nSPS) is 15.5. The van der Waals surface area contributed by atoms with Gasteiger partial charge >= 0.3 is 12.1 Å². The molecule has 9 nitrogen and oxygen atoms in total. The van der Waals surface area contributed by atoms with Gasteiger partial charge in [-0.25, -0.2) is 13.2 Å². The Bertz CT molecular complexity index is 1350. The number of nitrogens with zero attached hydrogens (tertiary/aromatic N) is 1. The number of carbonyl (C=O) groups excluding carboxylic acids is 2. The fourth-order valence-electron chi connectivity index (χ4n) is 4.66. The molecule has 0 spiro atoms. The first kappa shape index (κ1) is 34.6. The van der Waals surface area contributed by atoms with Crippen molar-refractivity contribution < 1.29 is 41.1 Å². The molecule has 0 aliphatic carbocycles. The lowest BCUT2D eigenvalue weighted by Gasteiger charge is -2.32. The molecule has 1 heterocycles. The van der Waals surface area contributed by atoms with Gasteiger partial charge in [-0.2, -0.15) is 13.2 Å². The average Bonchev–Trinajstić information content (AvgIpc) is 2.87. The average molecular weight is 614 g/mol. The highest BCUT2D eigenvalue weighted by Crippen LogP contribution is 2.25. The number of amides is 2. The van der Waals surface area contributed by atoms with Crippen LogP contribution in [0.1, 0.15) is 60.2 Å². The van der Waals surface area contributed by atoms with Crippen LogP contribution >= 0.6 is 0 Å². The van der Waals surface area contributed by atoms with E-state index in [-0.39, 0.29) is 22.6 Å². The lowest BCUT2D eigenvalue weighted by molar-refractivity contribution is -0.192. The van der Waals surface area contributed by atoms with Gasteiger partial charge < -0.3 is 15.3 Å². The molecule has 42 heavy (non-hydrogen) atoms. The number of aliphatic carboxylic acids is 1. The van der Waals surface area contributed by atoms with Gasteiger partial charge in [-0.15, -0.1) is 0 Å². The minimum absolute atomic E-state index is 0.00889. The molecule has 232 valence electrons. The number of hydrogen-bond donors (Lipinski definition) is 3. The van der Waals surface area contributed by atoms with E-state index in [1.54, 1.807) is 43.0 Å². The fraction of sp³-hybridized carbons (Fsp3) is 0.483. The van der Waals surface area contributed by atoms with E-state index in [2.05, 4.69) is 23.9 Å². The van der Waals surface area contributed by atoms with Crippen LogP contribution in [0.25, 0.3) is 0 Å². The molecule has 1 aliphatic heterocycles. The van der Waals surface area contributed by atoms with Gasteiger partial charge in [0, 0.05) is 30.9 Å². The molecule has 0 saturated carbocycles. The second-order valence-electron chi connectivity index (χ2n) is 10.8. The minimum Gasteiger partial charge on any atom is -0.475 e. The van der Waals surface area contributed by atoms with Crippen LogP contribution in [0.5, 0.6) is 0 Å². The molecule has 1 aliphatic rings. The maximum Gasteiger partial charge on any atom is 0.490 e. The highest BCUT2D eigenvalue weighted by atomic mass is 32.2. The zero-order valence-electron chi connectivity index (χ0n) is 24.3. The Labute approximate surface area is 244 Å². The number of carboxylic acid groups (broad SMARTS) is 1. The number of benzene rings is 2. The standard InChI is InChI=1S/C27H37N3O4S.C2HF3O2/c1-18(2)12-13-28-26(31)23-7-6-14-30(17-23)27(32)22-8-10-24(11-9-22)29-35(33,34)25-20(4)15-19(3)16-21(25)5;3-2(4,5)1(6)7/h8-11,15-16,18,23,29H,6-7,12-14,17H2,1-5H3,(H,28,31);(H,6,7). The number of carboxylic acids is 1. The molecule has 2 amide bonds. The van der Waals surface area contributed by atoms with E-state index >= 15 is 0 Å². The third-order valence-corrected chi connectivity index (χ3v) is 8.29. The highest BCUT2D eigenvalue weighted by molar-refractivity contribution is 7.92. The smallest absolute Gasteiger partial charge is 0.475 e. The quantitative estimate of drug-likeness (QED) is 0.381. The largest absolute Gasteiger partial charge is 0.490 e. The molecular formula is C29H38F3N3O6S. The number of piperidine rings is 1. The Morgan fingerprint density at radius 2 is 1.60 bits per heavy atom. The van der Waals surface area contributed by atoms with Crippen molar-refractivity contribution in [3.05, 3.63) is 58.7 Å². The molecule has 0 aromatic heterocycles. The van der Waals surface area contributed by atoms with E-state index in [1.807, 2.05) is 19.1 Å². The molecule has 13 heteroatoms. The number of nitrogens with one attached hydrogen (secondary N) is 2.